The third kappa shape index (κ3) is 5.87. The van der Waals surface area contributed by atoms with Gasteiger partial charge in [-0.15, -0.1) is 11.8 Å². The summed E-state index contributed by atoms with van der Waals surface area (Å²) in [5.74, 6) is 7.13. The lowest BCUT2D eigenvalue weighted by Gasteiger charge is -2.19. The van der Waals surface area contributed by atoms with Gasteiger partial charge in [0, 0.05) is 18.9 Å². The highest BCUT2D eigenvalue weighted by atomic mass is 16.5. The van der Waals surface area contributed by atoms with Crippen LogP contribution >= 0.6 is 0 Å². The average molecular weight is 362 g/mol. The maximum Gasteiger partial charge on any atom is 0.0999 e. The van der Waals surface area contributed by atoms with Crippen molar-refractivity contribution in [1.29, 1.82) is 0 Å². The second-order valence-corrected chi connectivity index (χ2v) is 8.15. The molecule has 2 fully saturated rings. The Hall–Kier alpha value is -1.28. The standard InChI is InChI=1S/C22H35NO3/c1-5-6-7-16(2)21(24)9-8-19-20-13-17(12-18(20)14-22(19)25)15-26-11-10-23(3)4/h8-9,15-16,18-22,24-25H,7,10-14H2,1-4H3/b9-8+,17-15+/t16-,18-,19+,20-,21+,22+/m0/s1. The van der Waals surface area contributed by atoms with Crippen LogP contribution in [0.15, 0.2) is 24.0 Å². The molecule has 4 heteroatoms. The number of likely N-dealkylation sites (N-methyl/N-ethyl adjacent to an activating group) is 1. The largest absolute Gasteiger partial charge is 0.500 e. The third-order valence-electron chi connectivity index (χ3n) is 5.73. The van der Waals surface area contributed by atoms with Gasteiger partial charge in [-0.05, 0) is 63.6 Å². The molecule has 0 amide bonds. The number of rotatable bonds is 8. The molecule has 0 aromatic heterocycles. The molecule has 0 aliphatic heterocycles. The van der Waals surface area contributed by atoms with Crippen molar-refractivity contribution in [3.63, 3.8) is 0 Å². The Morgan fingerprint density at radius 2 is 2.12 bits per heavy atom. The van der Waals surface area contributed by atoms with Gasteiger partial charge in [-0.2, -0.15) is 0 Å². The highest BCUT2D eigenvalue weighted by Crippen LogP contribution is 2.50. The Morgan fingerprint density at radius 3 is 2.81 bits per heavy atom. The van der Waals surface area contributed by atoms with Crippen LogP contribution < -0.4 is 0 Å². The quantitative estimate of drug-likeness (QED) is 0.302. The Balaban J connectivity index is 1.89. The van der Waals surface area contributed by atoms with Crippen LogP contribution in [-0.2, 0) is 4.74 Å². The Morgan fingerprint density at radius 1 is 1.35 bits per heavy atom. The summed E-state index contributed by atoms with van der Waals surface area (Å²) in [6.45, 7) is 5.45. The molecule has 0 saturated heterocycles. The predicted octanol–water partition coefficient (Wildman–Crippen LogP) is 2.82. The number of fused-ring (bicyclic) bond motifs is 1. The summed E-state index contributed by atoms with van der Waals surface area (Å²) < 4.78 is 5.69. The molecule has 0 radical (unpaired) electrons. The molecular weight excluding hydrogens is 326 g/mol. The van der Waals surface area contributed by atoms with Crippen LogP contribution in [0.4, 0.5) is 0 Å². The van der Waals surface area contributed by atoms with Crippen molar-refractivity contribution < 1.29 is 14.9 Å². The Kier molecular flexibility index (Phi) is 8.21. The molecule has 2 aliphatic carbocycles. The van der Waals surface area contributed by atoms with Crippen LogP contribution in [0.2, 0.25) is 0 Å². The second kappa shape index (κ2) is 10.2. The van der Waals surface area contributed by atoms with E-state index in [0.717, 1.165) is 25.8 Å². The zero-order chi connectivity index (χ0) is 19.1. The monoisotopic (exact) mass is 361 g/mol. The number of nitrogens with zero attached hydrogens (tertiary/aromatic N) is 1. The maximum atomic E-state index is 10.4. The van der Waals surface area contributed by atoms with Crippen molar-refractivity contribution in [2.24, 2.45) is 23.7 Å². The molecule has 0 aromatic rings. The van der Waals surface area contributed by atoms with Crippen molar-refractivity contribution in [1.82, 2.24) is 4.90 Å². The van der Waals surface area contributed by atoms with Crippen LogP contribution in [0.1, 0.15) is 39.5 Å². The van der Waals surface area contributed by atoms with E-state index in [9.17, 15) is 10.2 Å². The molecular formula is C22H35NO3. The number of hydrogen-bond donors (Lipinski definition) is 2. The molecule has 6 atom stereocenters. The molecule has 4 nitrogen and oxygen atoms in total. The van der Waals surface area contributed by atoms with E-state index < -0.39 is 6.10 Å². The van der Waals surface area contributed by atoms with Crippen LogP contribution in [0.5, 0.6) is 0 Å². The van der Waals surface area contributed by atoms with Crippen molar-refractivity contribution in [3.8, 4) is 11.8 Å². The summed E-state index contributed by atoms with van der Waals surface area (Å²) in [7, 11) is 4.08. The van der Waals surface area contributed by atoms with Gasteiger partial charge in [-0.3, -0.25) is 0 Å². The minimum Gasteiger partial charge on any atom is -0.500 e. The average Bonchev–Trinajstić information content (AvgIpc) is 3.10. The fourth-order valence-corrected chi connectivity index (χ4v) is 4.10. The normalized spacial score (nSPS) is 31.9. The molecule has 2 N–H and O–H groups in total. The topological polar surface area (TPSA) is 52.9 Å². The summed E-state index contributed by atoms with van der Waals surface area (Å²) in [5.41, 5.74) is 1.36. The van der Waals surface area contributed by atoms with Gasteiger partial charge in [-0.25, -0.2) is 0 Å². The lowest BCUT2D eigenvalue weighted by Crippen LogP contribution is -2.19. The summed E-state index contributed by atoms with van der Waals surface area (Å²) in [4.78, 5) is 2.11. The maximum absolute atomic E-state index is 10.4. The molecule has 2 rings (SSSR count). The van der Waals surface area contributed by atoms with Gasteiger partial charge in [0.2, 0.25) is 0 Å². The number of ether oxygens (including phenoxy) is 1. The highest BCUT2D eigenvalue weighted by molar-refractivity contribution is 5.17. The van der Waals surface area contributed by atoms with Crippen molar-refractivity contribution in [3.05, 3.63) is 24.0 Å². The molecule has 0 unspecified atom stereocenters. The van der Waals surface area contributed by atoms with Gasteiger partial charge in [0.15, 0.2) is 0 Å². The van der Waals surface area contributed by atoms with Crippen LogP contribution in [-0.4, -0.2) is 54.6 Å². The van der Waals surface area contributed by atoms with Gasteiger partial charge >= 0.3 is 0 Å². The minimum absolute atomic E-state index is 0.108. The summed E-state index contributed by atoms with van der Waals surface area (Å²) in [6.07, 6.45) is 8.61. The molecule has 0 spiro atoms. The first-order valence-corrected chi connectivity index (χ1v) is 9.80. The Labute approximate surface area is 158 Å². The predicted molar refractivity (Wildman–Crippen MR) is 105 cm³/mol. The lowest BCUT2D eigenvalue weighted by molar-refractivity contribution is 0.136. The van der Waals surface area contributed by atoms with E-state index in [1.807, 2.05) is 46.4 Å². The molecule has 0 aromatic carbocycles. The lowest BCUT2D eigenvalue weighted by atomic mass is 9.89. The van der Waals surface area contributed by atoms with Gasteiger partial charge < -0.3 is 19.8 Å². The van der Waals surface area contributed by atoms with Gasteiger partial charge in [0.25, 0.3) is 0 Å². The van der Waals surface area contributed by atoms with E-state index in [0.29, 0.717) is 24.9 Å². The molecule has 0 bridgehead atoms. The van der Waals surface area contributed by atoms with Gasteiger partial charge in [0.1, 0.15) is 0 Å². The van der Waals surface area contributed by atoms with E-state index in [1.54, 1.807) is 0 Å². The number of aliphatic hydroxyl groups is 2. The minimum atomic E-state index is -0.507. The number of hydrogen-bond acceptors (Lipinski definition) is 4. The summed E-state index contributed by atoms with van der Waals surface area (Å²) in [6, 6.07) is 0. The van der Waals surface area contributed by atoms with Crippen LogP contribution in [0.3, 0.4) is 0 Å². The van der Waals surface area contributed by atoms with Gasteiger partial charge in [0.05, 0.1) is 25.1 Å². The van der Waals surface area contributed by atoms with Crippen molar-refractivity contribution in [2.75, 3.05) is 27.2 Å². The van der Waals surface area contributed by atoms with Crippen LogP contribution in [0, 0.1) is 35.5 Å². The molecule has 2 aliphatic rings. The van der Waals surface area contributed by atoms with E-state index in [2.05, 4.69) is 16.7 Å². The SMILES string of the molecule is CC#CC[C@H](C)[C@H](O)/C=C/[C@@H]1[C@H]2C/C(=C/OCCN(C)C)C[C@H]2C[C@H]1O. The van der Waals surface area contributed by atoms with Crippen molar-refractivity contribution in [2.45, 2.75) is 51.7 Å². The first kappa shape index (κ1) is 21.0. The van der Waals surface area contributed by atoms with E-state index in [4.69, 9.17) is 4.74 Å². The van der Waals surface area contributed by atoms with Crippen LogP contribution in [0.25, 0.3) is 0 Å². The zero-order valence-electron chi connectivity index (χ0n) is 16.7. The first-order chi connectivity index (χ1) is 12.4. The second-order valence-electron chi connectivity index (χ2n) is 8.15. The first-order valence-electron chi connectivity index (χ1n) is 9.80. The molecule has 0 heterocycles. The fraction of sp³-hybridized carbons (Fsp3) is 0.727. The summed E-state index contributed by atoms with van der Waals surface area (Å²) in [5, 5.41) is 20.7. The number of aliphatic hydroxyl groups excluding tert-OH is 2. The smallest absolute Gasteiger partial charge is 0.0999 e. The molecule has 146 valence electrons. The summed E-state index contributed by atoms with van der Waals surface area (Å²) >= 11 is 0. The fourth-order valence-electron chi connectivity index (χ4n) is 4.10. The highest BCUT2D eigenvalue weighted by Gasteiger charge is 2.45. The van der Waals surface area contributed by atoms with E-state index in [1.165, 1.54) is 5.57 Å². The molecule has 26 heavy (non-hydrogen) atoms. The zero-order valence-corrected chi connectivity index (χ0v) is 16.7. The van der Waals surface area contributed by atoms with Gasteiger partial charge in [-0.1, -0.05) is 19.1 Å². The van der Waals surface area contributed by atoms with Crippen molar-refractivity contribution >= 4 is 0 Å². The van der Waals surface area contributed by atoms with E-state index in [-0.39, 0.29) is 17.9 Å². The third-order valence-corrected chi connectivity index (χ3v) is 5.73. The Bertz CT molecular complexity index is 557. The molecule has 2 saturated carbocycles. The van der Waals surface area contributed by atoms with E-state index >= 15 is 0 Å². The number of allylic oxidation sites excluding steroid dienone is 1.